The fourth-order valence-corrected chi connectivity index (χ4v) is 2.00. The molecule has 1 N–H and O–H groups in total. The lowest BCUT2D eigenvalue weighted by Crippen LogP contribution is -1.97. The van der Waals surface area contributed by atoms with Crippen LogP contribution in [0.4, 0.5) is 0 Å². The fourth-order valence-electron chi connectivity index (χ4n) is 1.51. The number of hydrogen-bond donors (Lipinski definition) is 1. The molecular weight excluding hydrogens is 346 g/mol. The van der Waals surface area contributed by atoms with Crippen molar-refractivity contribution in [1.82, 2.24) is 0 Å². The van der Waals surface area contributed by atoms with Crippen LogP contribution >= 0.6 is 27.5 Å². The number of aromatic carboxylic acids is 1. The summed E-state index contributed by atoms with van der Waals surface area (Å²) in [7, 11) is 0. The number of nitrogens with zero attached hydrogens (tertiary/aromatic N) is 1. The minimum Gasteiger partial charge on any atom is -0.478 e. The van der Waals surface area contributed by atoms with Crippen LogP contribution in [0, 0.1) is 11.3 Å². The zero-order chi connectivity index (χ0) is 14.7. The molecule has 0 atom stereocenters. The van der Waals surface area contributed by atoms with Crippen molar-refractivity contribution < 1.29 is 14.6 Å². The van der Waals surface area contributed by atoms with Crippen molar-refractivity contribution in [1.29, 1.82) is 5.26 Å². The predicted octanol–water partition coefficient (Wildman–Crippen LogP) is 4.46. The lowest BCUT2D eigenvalue weighted by Gasteiger charge is -2.10. The summed E-state index contributed by atoms with van der Waals surface area (Å²) < 4.78 is 6.16. The molecule has 0 bridgehead atoms. The number of ether oxygens (including phenoxy) is 1. The van der Waals surface area contributed by atoms with Gasteiger partial charge >= 0.3 is 5.97 Å². The first kappa shape index (κ1) is 14.4. The van der Waals surface area contributed by atoms with E-state index in [2.05, 4.69) is 15.9 Å². The SMILES string of the molecule is N#Cc1ccc(Cl)cc1Oc1cc(C(=O)O)ccc1Br. The van der Waals surface area contributed by atoms with Gasteiger partial charge in [0.25, 0.3) is 0 Å². The molecular formula is C14H7BrClNO3. The Kier molecular flexibility index (Phi) is 4.28. The number of carboxylic acid groups (broad SMARTS) is 1. The number of hydrogen-bond acceptors (Lipinski definition) is 3. The Morgan fingerprint density at radius 1 is 1.25 bits per heavy atom. The van der Waals surface area contributed by atoms with Crippen molar-refractivity contribution in [3.8, 4) is 17.6 Å². The second-order valence-corrected chi connectivity index (χ2v) is 5.10. The van der Waals surface area contributed by atoms with E-state index in [1.54, 1.807) is 12.1 Å². The highest BCUT2D eigenvalue weighted by Crippen LogP contribution is 2.33. The zero-order valence-corrected chi connectivity index (χ0v) is 12.3. The number of carboxylic acids is 1. The summed E-state index contributed by atoms with van der Waals surface area (Å²) in [6.45, 7) is 0. The number of carbonyl (C=O) groups is 1. The molecule has 0 heterocycles. The Morgan fingerprint density at radius 2 is 2.00 bits per heavy atom. The van der Waals surface area contributed by atoms with Gasteiger partial charge in [0, 0.05) is 11.1 Å². The van der Waals surface area contributed by atoms with Gasteiger partial charge in [-0.1, -0.05) is 11.6 Å². The molecule has 6 heteroatoms. The van der Waals surface area contributed by atoms with E-state index in [0.717, 1.165) is 0 Å². The van der Waals surface area contributed by atoms with Crippen LogP contribution in [0.2, 0.25) is 5.02 Å². The molecule has 0 unspecified atom stereocenters. The number of benzene rings is 2. The quantitative estimate of drug-likeness (QED) is 0.885. The van der Waals surface area contributed by atoms with Crippen molar-refractivity contribution >= 4 is 33.5 Å². The predicted molar refractivity (Wildman–Crippen MR) is 77.3 cm³/mol. The summed E-state index contributed by atoms with van der Waals surface area (Å²) in [5.74, 6) is -0.499. The highest BCUT2D eigenvalue weighted by atomic mass is 79.9. The van der Waals surface area contributed by atoms with Crippen molar-refractivity contribution in [2.24, 2.45) is 0 Å². The summed E-state index contributed by atoms with van der Waals surface area (Å²) in [6.07, 6.45) is 0. The minimum absolute atomic E-state index is 0.0868. The molecule has 20 heavy (non-hydrogen) atoms. The van der Waals surface area contributed by atoms with Gasteiger partial charge < -0.3 is 9.84 Å². The van der Waals surface area contributed by atoms with E-state index in [-0.39, 0.29) is 11.3 Å². The van der Waals surface area contributed by atoms with Crippen LogP contribution < -0.4 is 4.74 Å². The van der Waals surface area contributed by atoms with Crippen LogP contribution in [0.25, 0.3) is 0 Å². The lowest BCUT2D eigenvalue weighted by atomic mass is 10.2. The van der Waals surface area contributed by atoms with Gasteiger partial charge in [-0.05, 0) is 46.3 Å². The van der Waals surface area contributed by atoms with Gasteiger partial charge in [-0.2, -0.15) is 5.26 Å². The van der Waals surface area contributed by atoms with Crippen LogP contribution in [-0.4, -0.2) is 11.1 Å². The molecule has 0 saturated carbocycles. The zero-order valence-electron chi connectivity index (χ0n) is 9.93. The van der Waals surface area contributed by atoms with Gasteiger partial charge in [-0.25, -0.2) is 4.79 Å². The monoisotopic (exact) mass is 351 g/mol. The molecule has 0 aliphatic rings. The first-order valence-electron chi connectivity index (χ1n) is 5.41. The van der Waals surface area contributed by atoms with Gasteiger partial charge in [0.1, 0.15) is 17.6 Å². The largest absolute Gasteiger partial charge is 0.478 e. The van der Waals surface area contributed by atoms with E-state index >= 15 is 0 Å². The molecule has 0 radical (unpaired) electrons. The van der Waals surface area contributed by atoms with Gasteiger partial charge in [-0.15, -0.1) is 0 Å². The summed E-state index contributed by atoms with van der Waals surface area (Å²) >= 11 is 9.13. The maximum Gasteiger partial charge on any atom is 0.335 e. The fraction of sp³-hybridized carbons (Fsp3) is 0. The summed E-state index contributed by atoms with van der Waals surface area (Å²) in [5.41, 5.74) is 0.394. The first-order valence-corrected chi connectivity index (χ1v) is 6.58. The first-order chi connectivity index (χ1) is 9.51. The third-order valence-corrected chi connectivity index (χ3v) is 3.35. The molecule has 0 spiro atoms. The Labute approximate surface area is 128 Å². The third kappa shape index (κ3) is 3.10. The number of halogens is 2. The van der Waals surface area contributed by atoms with Crippen LogP contribution in [-0.2, 0) is 0 Å². The van der Waals surface area contributed by atoms with E-state index in [1.165, 1.54) is 24.3 Å². The molecule has 2 aromatic rings. The van der Waals surface area contributed by atoms with E-state index in [1.807, 2.05) is 6.07 Å². The molecule has 0 saturated heterocycles. The summed E-state index contributed by atoms with van der Waals surface area (Å²) in [6, 6.07) is 11.0. The van der Waals surface area contributed by atoms with Crippen molar-refractivity contribution in [3.63, 3.8) is 0 Å². The van der Waals surface area contributed by atoms with Gasteiger partial charge in [-0.3, -0.25) is 0 Å². The van der Waals surface area contributed by atoms with E-state index < -0.39 is 5.97 Å². The molecule has 2 aromatic carbocycles. The summed E-state index contributed by atoms with van der Waals surface area (Å²) in [4.78, 5) is 10.9. The smallest absolute Gasteiger partial charge is 0.335 e. The number of nitriles is 1. The van der Waals surface area contributed by atoms with Gasteiger partial charge in [0.05, 0.1) is 15.6 Å². The van der Waals surface area contributed by atoms with Crippen molar-refractivity contribution in [2.75, 3.05) is 0 Å². The van der Waals surface area contributed by atoms with Crippen molar-refractivity contribution in [3.05, 3.63) is 57.0 Å². The van der Waals surface area contributed by atoms with Crippen LogP contribution in [0.5, 0.6) is 11.5 Å². The molecule has 0 aliphatic carbocycles. The highest BCUT2D eigenvalue weighted by Gasteiger charge is 2.11. The Hall–Kier alpha value is -2.03. The highest BCUT2D eigenvalue weighted by molar-refractivity contribution is 9.10. The molecule has 100 valence electrons. The molecule has 0 amide bonds. The summed E-state index contributed by atoms with van der Waals surface area (Å²) in [5, 5.41) is 18.4. The van der Waals surface area contributed by atoms with Crippen molar-refractivity contribution in [2.45, 2.75) is 0 Å². The molecule has 0 fully saturated rings. The van der Waals surface area contributed by atoms with Gasteiger partial charge in [0.2, 0.25) is 0 Å². The Balaban J connectivity index is 2.44. The third-order valence-electron chi connectivity index (χ3n) is 2.46. The van der Waals surface area contributed by atoms with Crippen LogP contribution in [0.1, 0.15) is 15.9 Å². The average Bonchev–Trinajstić information content (AvgIpc) is 2.41. The number of rotatable bonds is 3. The van der Waals surface area contributed by atoms with Gasteiger partial charge in [0.15, 0.2) is 0 Å². The normalized spacial score (nSPS) is 9.85. The van der Waals surface area contributed by atoms with E-state index in [0.29, 0.717) is 20.8 Å². The van der Waals surface area contributed by atoms with Crippen LogP contribution in [0.3, 0.4) is 0 Å². The average molecular weight is 353 g/mol. The second kappa shape index (κ2) is 5.95. The second-order valence-electron chi connectivity index (χ2n) is 3.80. The Morgan fingerprint density at radius 3 is 2.65 bits per heavy atom. The molecule has 0 aromatic heterocycles. The standard InChI is InChI=1S/C14H7BrClNO3/c15-11-4-2-8(14(18)19)5-13(11)20-12-6-10(16)3-1-9(12)7-17/h1-6H,(H,18,19). The molecule has 4 nitrogen and oxygen atoms in total. The topological polar surface area (TPSA) is 70.3 Å². The van der Waals surface area contributed by atoms with Crippen LogP contribution in [0.15, 0.2) is 40.9 Å². The maximum absolute atomic E-state index is 10.9. The minimum atomic E-state index is -1.06. The molecule has 2 rings (SSSR count). The van der Waals surface area contributed by atoms with E-state index in [9.17, 15) is 4.79 Å². The van der Waals surface area contributed by atoms with E-state index in [4.69, 9.17) is 26.7 Å². The lowest BCUT2D eigenvalue weighted by molar-refractivity contribution is 0.0696. The Bertz CT molecular complexity index is 725. The maximum atomic E-state index is 10.9. The molecule has 0 aliphatic heterocycles.